The lowest BCUT2D eigenvalue weighted by molar-refractivity contribution is -0.138. The molecule has 108 valence electrons. The maximum Gasteiger partial charge on any atom is 0.389 e. The standard InChI is InChI=1S/C13H24F3NO/c1-2-17-12(11-6-3-4-7-11)10-18-9-5-8-13(14,15)16/h11-12,17H,2-10H2,1H3. The molecule has 18 heavy (non-hydrogen) atoms. The molecule has 0 aromatic heterocycles. The van der Waals surface area contributed by atoms with Crippen molar-refractivity contribution in [3.8, 4) is 0 Å². The summed E-state index contributed by atoms with van der Waals surface area (Å²) in [5.41, 5.74) is 0. The first kappa shape index (κ1) is 15.8. The molecule has 1 atom stereocenters. The van der Waals surface area contributed by atoms with Crippen molar-refractivity contribution in [1.82, 2.24) is 5.32 Å². The van der Waals surface area contributed by atoms with E-state index in [-0.39, 0.29) is 13.0 Å². The number of alkyl halides is 3. The first-order chi connectivity index (χ1) is 8.53. The molecule has 0 aromatic carbocycles. The molecule has 5 heteroatoms. The molecule has 0 saturated heterocycles. The second-order valence-electron chi connectivity index (χ2n) is 5.00. The zero-order valence-corrected chi connectivity index (χ0v) is 11.1. The van der Waals surface area contributed by atoms with Gasteiger partial charge >= 0.3 is 6.18 Å². The van der Waals surface area contributed by atoms with Gasteiger partial charge in [-0.3, -0.25) is 0 Å². The van der Waals surface area contributed by atoms with Gasteiger partial charge in [-0.2, -0.15) is 13.2 Å². The van der Waals surface area contributed by atoms with E-state index in [1.807, 2.05) is 6.92 Å². The lowest BCUT2D eigenvalue weighted by Gasteiger charge is -2.24. The topological polar surface area (TPSA) is 21.3 Å². The Hall–Kier alpha value is -0.290. The fourth-order valence-corrected chi connectivity index (χ4v) is 2.57. The molecular formula is C13H24F3NO. The second-order valence-corrected chi connectivity index (χ2v) is 5.00. The van der Waals surface area contributed by atoms with Crippen LogP contribution in [0.15, 0.2) is 0 Å². The molecular weight excluding hydrogens is 243 g/mol. The Labute approximate surface area is 107 Å². The van der Waals surface area contributed by atoms with Crippen molar-refractivity contribution in [2.75, 3.05) is 19.8 Å². The summed E-state index contributed by atoms with van der Waals surface area (Å²) in [5, 5.41) is 3.38. The summed E-state index contributed by atoms with van der Waals surface area (Å²) < 4.78 is 41.2. The number of ether oxygens (including phenoxy) is 1. The van der Waals surface area contributed by atoms with Gasteiger partial charge in [-0.1, -0.05) is 19.8 Å². The first-order valence-electron chi connectivity index (χ1n) is 6.91. The molecule has 0 amide bonds. The van der Waals surface area contributed by atoms with E-state index in [1.165, 1.54) is 25.7 Å². The Morgan fingerprint density at radius 2 is 1.94 bits per heavy atom. The van der Waals surface area contributed by atoms with E-state index in [2.05, 4.69) is 5.32 Å². The van der Waals surface area contributed by atoms with Crippen molar-refractivity contribution in [3.05, 3.63) is 0 Å². The van der Waals surface area contributed by atoms with Gasteiger partial charge in [-0.25, -0.2) is 0 Å². The Kier molecular flexibility index (Phi) is 7.00. The molecule has 1 saturated carbocycles. The molecule has 0 heterocycles. The summed E-state index contributed by atoms with van der Waals surface area (Å²) in [6.45, 7) is 3.67. The minimum atomic E-state index is -4.06. The van der Waals surface area contributed by atoms with Crippen molar-refractivity contribution in [2.45, 2.75) is 57.7 Å². The van der Waals surface area contributed by atoms with Crippen molar-refractivity contribution in [2.24, 2.45) is 5.92 Å². The van der Waals surface area contributed by atoms with E-state index >= 15 is 0 Å². The molecule has 1 aliphatic carbocycles. The van der Waals surface area contributed by atoms with Gasteiger partial charge in [0.2, 0.25) is 0 Å². The maximum atomic E-state index is 11.9. The highest BCUT2D eigenvalue weighted by molar-refractivity contribution is 4.80. The lowest BCUT2D eigenvalue weighted by Crippen LogP contribution is -2.39. The zero-order chi connectivity index (χ0) is 13.4. The van der Waals surface area contributed by atoms with Gasteiger partial charge in [0.15, 0.2) is 0 Å². The number of rotatable bonds is 8. The van der Waals surface area contributed by atoms with Crippen LogP contribution >= 0.6 is 0 Å². The molecule has 0 bridgehead atoms. The largest absolute Gasteiger partial charge is 0.389 e. The van der Waals surface area contributed by atoms with Crippen molar-refractivity contribution < 1.29 is 17.9 Å². The van der Waals surface area contributed by atoms with Crippen LogP contribution in [-0.2, 0) is 4.74 Å². The highest BCUT2D eigenvalue weighted by atomic mass is 19.4. The third kappa shape index (κ3) is 6.59. The van der Waals surface area contributed by atoms with Crippen LogP contribution in [0.5, 0.6) is 0 Å². The van der Waals surface area contributed by atoms with Crippen LogP contribution in [-0.4, -0.2) is 32.0 Å². The summed E-state index contributed by atoms with van der Waals surface area (Å²) >= 11 is 0. The minimum Gasteiger partial charge on any atom is -0.380 e. The third-order valence-corrected chi connectivity index (χ3v) is 3.48. The molecule has 0 spiro atoms. The van der Waals surface area contributed by atoms with Crippen LogP contribution in [0.2, 0.25) is 0 Å². The Morgan fingerprint density at radius 3 is 2.50 bits per heavy atom. The van der Waals surface area contributed by atoms with Gasteiger partial charge in [0, 0.05) is 19.1 Å². The average molecular weight is 267 g/mol. The van der Waals surface area contributed by atoms with E-state index < -0.39 is 12.6 Å². The van der Waals surface area contributed by atoms with Gasteiger partial charge in [0.05, 0.1) is 6.61 Å². The number of likely N-dealkylation sites (N-methyl/N-ethyl adjacent to an activating group) is 1. The first-order valence-corrected chi connectivity index (χ1v) is 6.91. The fourth-order valence-electron chi connectivity index (χ4n) is 2.57. The predicted octanol–water partition coefficient (Wildman–Crippen LogP) is 3.51. The summed E-state index contributed by atoms with van der Waals surface area (Å²) in [4.78, 5) is 0. The maximum absolute atomic E-state index is 11.9. The molecule has 0 aliphatic heterocycles. The lowest BCUT2D eigenvalue weighted by atomic mass is 9.99. The second kappa shape index (κ2) is 8.00. The summed E-state index contributed by atoms with van der Waals surface area (Å²) in [6.07, 6.45) is 0.208. The highest BCUT2D eigenvalue weighted by Crippen LogP contribution is 2.28. The van der Waals surface area contributed by atoms with Crippen LogP contribution in [0, 0.1) is 5.92 Å². The van der Waals surface area contributed by atoms with Crippen LogP contribution in [0.3, 0.4) is 0 Å². The number of hydrogen-bond acceptors (Lipinski definition) is 2. The van der Waals surface area contributed by atoms with Crippen LogP contribution in [0.25, 0.3) is 0 Å². The van der Waals surface area contributed by atoms with E-state index in [9.17, 15) is 13.2 Å². The summed E-state index contributed by atoms with van der Waals surface area (Å²) in [5.74, 6) is 0.632. The number of hydrogen-bond donors (Lipinski definition) is 1. The highest BCUT2D eigenvalue weighted by Gasteiger charge is 2.27. The Balaban J connectivity index is 2.13. The number of halogens is 3. The predicted molar refractivity (Wildman–Crippen MR) is 65.5 cm³/mol. The minimum absolute atomic E-state index is 0.0625. The number of nitrogens with one attached hydrogen (secondary N) is 1. The monoisotopic (exact) mass is 267 g/mol. The summed E-state index contributed by atoms with van der Waals surface area (Å²) in [6, 6.07) is 0.309. The molecule has 1 fully saturated rings. The molecule has 1 N–H and O–H groups in total. The molecule has 0 aromatic rings. The van der Waals surface area contributed by atoms with Crippen LogP contribution < -0.4 is 5.32 Å². The quantitative estimate of drug-likeness (QED) is 0.679. The third-order valence-electron chi connectivity index (χ3n) is 3.48. The van der Waals surface area contributed by atoms with Gasteiger partial charge < -0.3 is 10.1 Å². The van der Waals surface area contributed by atoms with Crippen molar-refractivity contribution in [3.63, 3.8) is 0 Å². The van der Waals surface area contributed by atoms with Gasteiger partial charge in [0.1, 0.15) is 0 Å². The van der Waals surface area contributed by atoms with Gasteiger partial charge in [-0.15, -0.1) is 0 Å². The van der Waals surface area contributed by atoms with E-state index in [0.717, 1.165) is 6.54 Å². The van der Waals surface area contributed by atoms with E-state index in [1.54, 1.807) is 0 Å². The van der Waals surface area contributed by atoms with E-state index in [0.29, 0.717) is 18.6 Å². The molecule has 1 unspecified atom stereocenters. The zero-order valence-electron chi connectivity index (χ0n) is 11.1. The average Bonchev–Trinajstić information content (AvgIpc) is 2.79. The van der Waals surface area contributed by atoms with Gasteiger partial charge in [-0.05, 0) is 31.7 Å². The van der Waals surface area contributed by atoms with E-state index in [4.69, 9.17) is 4.74 Å². The fraction of sp³-hybridized carbons (Fsp3) is 1.00. The normalized spacial score (nSPS) is 19.3. The Bertz CT molecular complexity index is 215. The van der Waals surface area contributed by atoms with Crippen LogP contribution in [0.4, 0.5) is 13.2 Å². The molecule has 1 rings (SSSR count). The smallest absolute Gasteiger partial charge is 0.380 e. The Morgan fingerprint density at radius 1 is 1.28 bits per heavy atom. The summed E-state index contributed by atoms with van der Waals surface area (Å²) in [7, 11) is 0. The molecule has 0 radical (unpaired) electrons. The van der Waals surface area contributed by atoms with Crippen molar-refractivity contribution >= 4 is 0 Å². The van der Waals surface area contributed by atoms with Crippen LogP contribution in [0.1, 0.15) is 45.4 Å². The molecule has 1 aliphatic rings. The SMILES string of the molecule is CCNC(COCCCC(F)(F)F)C1CCCC1. The van der Waals surface area contributed by atoms with Crippen molar-refractivity contribution in [1.29, 1.82) is 0 Å². The molecule has 2 nitrogen and oxygen atoms in total. The van der Waals surface area contributed by atoms with Gasteiger partial charge in [0.25, 0.3) is 0 Å².